The summed E-state index contributed by atoms with van der Waals surface area (Å²) in [5.74, 6) is 0.442. The molecular formula is C11H12N4O2. The van der Waals surface area contributed by atoms with Crippen molar-refractivity contribution in [2.24, 2.45) is 7.05 Å². The summed E-state index contributed by atoms with van der Waals surface area (Å²) in [6.45, 7) is 1.79. The number of carbonyl (C=O) groups is 2. The van der Waals surface area contributed by atoms with Gasteiger partial charge in [0.1, 0.15) is 5.69 Å². The number of imidazole rings is 1. The van der Waals surface area contributed by atoms with Crippen LogP contribution in [0.2, 0.25) is 0 Å². The Hall–Kier alpha value is -2.24. The van der Waals surface area contributed by atoms with Crippen molar-refractivity contribution in [1.29, 1.82) is 0 Å². The van der Waals surface area contributed by atoms with Crippen LogP contribution in [-0.4, -0.2) is 31.4 Å². The summed E-state index contributed by atoms with van der Waals surface area (Å²) in [6, 6.07) is 0. The molecule has 2 rings (SSSR count). The number of hydrogen-bond donors (Lipinski definition) is 0. The second kappa shape index (κ2) is 4.32. The molecule has 0 aliphatic rings. The Morgan fingerprint density at radius 1 is 1.53 bits per heavy atom. The van der Waals surface area contributed by atoms with E-state index >= 15 is 0 Å². The molecule has 0 aliphatic carbocycles. The van der Waals surface area contributed by atoms with E-state index in [-0.39, 0.29) is 5.78 Å². The van der Waals surface area contributed by atoms with Crippen LogP contribution in [0.1, 0.15) is 34.2 Å². The lowest BCUT2D eigenvalue weighted by molar-refractivity contribution is 0.0988. The maximum atomic E-state index is 11.5. The highest BCUT2D eigenvalue weighted by atomic mass is 16.1. The van der Waals surface area contributed by atoms with E-state index in [2.05, 4.69) is 10.1 Å². The largest absolute Gasteiger partial charge is 0.330 e. The standard InChI is InChI=1S/C11H12N4O2/c1-3-10(17)8-4-13-15(5-8)11-9(6-16)14(2)7-12-11/h4-7H,3H2,1-2H3. The van der Waals surface area contributed by atoms with Crippen LogP contribution in [0, 0.1) is 0 Å². The topological polar surface area (TPSA) is 69.8 Å². The van der Waals surface area contributed by atoms with E-state index in [1.54, 1.807) is 24.7 Å². The molecule has 0 spiro atoms. The number of aldehydes is 1. The molecule has 2 aromatic heterocycles. The second-order valence-electron chi connectivity index (χ2n) is 3.63. The first-order chi connectivity index (χ1) is 8.17. The van der Waals surface area contributed by atoms with Crippen molar-refractivity contribution in [2.45, 2.75) is 13.3 Å². The molecular weight excluding hydrogens is 220 g/mol. The summed E-state index contributed by atoms with van der Waals surface area (Å²) in [6.07, 6.45) is 5.73. The Balaban J connectivity index is 2.43. The van der Waals surface area contributed by atoms with Crippen LogP contribution < -0.4 is 0 Å². The van der Waals surface area contributed by atoms with Gasteiger partial charge in [-0.25, -0.2) is 9.67 Å². The van der Waals surface area contributed by atoms with E-state index in [4.69, 9.17) is 0 Å². The van der Waals surface area contributed by atoms with Gasteiger partial charge in [-0.2, -0.15) is 5.10 Å². The molecule has 0 N–H and O–H groups in total. The zero-order valence-electron chi connectivity index (χ0n) is 9.62. The van der Waals surface area contributed by atoms with Gasteiger partial charge in [0.25, 0.3) is 0 Å². The van der Waals surface area contributed by atoms with Crippen LogP contribution in [0.25, 0.3) is 5.82 Å². The minimum absolute atomic E-state index is 0.0137. The third-order valence-electron chi connectivity index (χ3n) is 2.52. The molecule has 6 heteroatoms. The molecule has 0 unspecified atom stereocenters. The van der Waals surface area contributed by atoms with Crippen molar-refractivity contribution >= 4 is 12.1 Å². The zero-order valence-corrected chi connectivity index (χ0v) is 9.62. The molecule has 2 heterocycles. The number of aryl methyl sites for hydroxylation is 1. The normalized spacial score (nSPS) is 10.5. The summed E-state index contributed by atoms with van der Waals surface area (Å²) >= 11 is 0. The van der Waals surface area contributed by atoms with E-state index < -0.39 is 0 Å². The van der Waals surface area contributed by atoms with Gasteiger partial charge in [0.2, 0.25) is 0 Å². The molecule has 0 saturated heterocycles. The first kappa shape index (κ1) is 11.3. The number of rotatable bonds is 4. The van der Waals surface area contributed by atoms with Gasteiger partial charge < -0.3 is 4.57 Å². The summed E-state index contributed by atoms with van der Waals surface area (Å²) < 4.78 is 3.04. The molecule has 0 fully saturated rings. The fraction of sp³-hybridized carbons (Fsp3) is 0.273. The van der Waals surface area contributed by atoms with Crippen molar-refractivity contribution in [3.8, 4) is 5.82 Å². The first-order valence-electron chi connectivity index (χ1n) is 5.22. The lowest BCUT2D eigenvalue weighted by Crippen LogP contribution is -2.02. The average molecular weight is 232 g/mol. The number of carbonyl (C=O) groups excluding carboxylic acids is 2. The van der Waals surface area contributed by atoms with E-state index in [0.29, 0.717) is 29.8 Å². The van der Waals surface area contributed by atoms with Crippen LogP contribution in [0.5, 0.6) is 0 Å². The third kappa shape index (κ3) is 1.89. The van der Waals surface area contributed by atoms with Gasteiger partial charge in [-0.15, -0.1) is 0 Å². The van der Waals surface area contributed by atoms with Crippen LogP contribution in [0.4, 0.5) is 0 Å². The number of Topliss-reactive ketones (excluding diaryl/α,β-unsaturated/α-hetero) is 1. The highest BCUT2D eigenvalue weighted by Gasteiger charge is 2.13. The molecule has 0 aliphatic heterocycles. The smallest absolute Gasteiger partial charge is 0.182 e. The molecule has 0 saturated carbocycles. The van der Waals surface area contributed by atoms with Crippen molar-refractivity contribution in [3.63, 3.8) is 0 Å². The second-order valence-corrected chi connectivity index (χ2v) is 3.63. The molecule has 17 heavy (non-hydrogen) atoms. The number of ketones is 1. The van der Waals surface area contributed by atoms with Crippen LogP contribution in [0.3, 0.4) is 0 Å². The third-order valence-corrected chi connectivity index (χ3v) is 2.52. The Morgan fingerprint density at radius 3 is 2.94 bits per heavy atom. The lowest BCUT2D eigenvalue weighted by Gasteiger charge is -1.97. The van der Waals surface area contributed by atoms with E-state index in [9.17, 15) is 9.59 Å². The van der Waals surface area contributed by atoms with Crippen LogP contribution >= 0.6 is 0 Å². The molecule has 0 atom stereocenters. The highest BCUT2D eigenvalue weighted by molar-refractivity contribution is 5.95. The average Bonchev–Trinajstić information content (AvgIpc) is 2.94. The Bertz CT molecular complexity index is 568. The van der Waals surface area contributed by atoms with Gasteiger partial charge in [0.05, 0.1) is 18.1 Å². The number of nitrogens with zero attached hydrogens (tertiary/aromatic N) is 4. The molecule has 2 aromatic rings. The van der Waals surface area contributed by atoms with Gasteiger partial charge >= 0.3 is 0 Å². The van der Waals surface area contributed by atoms with Gasteiger partial charge in [-0.3, -0.25) is 9.59 Å². The van der Waals surface area contributed by atoms with Gasteiger partial charge in [-0.05, 0) is 0 Å². The predicted molar refractivity (Wildman–Crippen MR) is 60.3 cm³/mol. The Kier molecular flexibility index (Phi) is 2.86. The molecule has 0 aromatic carbocycles. The van der Waals surface area contributed by atoms with Crippen LogP contribution in [0.15, 0.2) is 18.7 Å². The fourth-order valence-electron chi connectivity index (χ4n) is 1.53. The highest BCUT2D eigenvalue weighted by Crippen LogP contribution is 2.11. The molecule has 88 valence electrons. The SMILES string of the molecule is CCC(=O)c1cnn(-c2ncn(C)c2C=O)c1. The summed E-state index contributed by atoms with van der Waals surface area (Å²) in [5.41, 5.74) is 0.943. The minimum atomic E-state index is 0.0137. The summed E-state index contributed by atoms with van der Waals surface area (Å²) in [4.78, 5) is 26.5. The maximum absolute atomic E-state index is 11.5. The summed E-state index contributed by atoms with van der Waals surface area (Å²) in [5, 5.41) is 4.04. The van der Waals surface area contributed by atoms with Gasteiger partial charge in [-0.1, -0.05) is 6.92 Å². The van der Waals surface area contributed by atoms with Gasteiger partial charge in [0, 0.05) is 19.7 Å². The Labute approximate surface area is 97.9 Å². The van der Waals surface area contributed by atoms with Crippen molar-refractivity contribution in [1.82, 2.24) is 19.3 Å². The molecule has 0 amide bonds. The van der Waals surface area contributed by atoms with E-state index in [1.807, 2.05) is 0 Å². The zero-order chi connectivity index (χ0) is 12.4. The lowest BCUT2D eigenvalue weighted by atomic mass is 10.2. The predicted octanol–water partition coefficient (Wildman–Crippen LogP) is 1.01. The van der Waals surface area contributed by atoms with Crippen molar-refractivity contribution in [2.75, 3.05) is 0 Å². The number of hydrogen-bond acceptors (Lipinski definition) is 4. The number of aromatic nitrogens is 4. The molecule has 0 bridgehead atoms. The molecule has 0 radical (unpaired) electrons. The maximum Gasteiger partial charge on any atom is 0.182 e. The Morgan fingerprint density at radius 2 is 2.29 bits per heavy atom. The van der Waals surface area contributed by atoms with Crippen molar-refractivity contribution in [3.05, 3.63) is 30.0 Å². The van der Waals surface area contributed by atoms with Crippen LogP contribution in [-0.2, 0) is 7.05 Å². The first-order valence-corrected chi connectivity index (χ1v) is 5.22. The quantitative estimate of drug-likeness (QED) is 0.582. The van der Waals surface area contributed by atoms with Crippen molar-refractivity contribution < 1.29 is 9.59 Å². The fourth-order valence-corrected chi connectivity index (χ4v) is 1.53. The molecule has 6 nitrogen and oxygen atoms in total. The van der Waals surface area contributed by atoms with E-state index in [0.717, 1.165) is 0 Å². The minimum Gasteiger partial charge on any atom is -0.330 e. The summed E-state index contributed by atoms with van der Waals surface area (Å²) in [7, 11) is 1.72. The van der Waals surface area contributed by atoms with Gasteiger partial charge in [0.15, 0.2) is 17.9 Å². The van der Waals surface area contributed by atoms with E-state index in [1.165, 1.54) is 17.2 Å². The monoisotopic (exact) mass is 232 g/mol.